The molecule has 0 aliphatic heterocycles. The van der Waals surface area contributed by atoms with Crippen molar-refractivity contribution in [1.29, 1.82) is 0 Å². The molecule has 2 aromatic rings. The van der Waals surface area contributed by atoms with E-state index in [9.17, 15) is 4.79 Å². The van der Waals surface area contributed by atoms with E-state index in [4.69, 9.17) is 0 Å². The van der Waals surface area contributed by atoms with Crippen LogP contribution in [0.25, 0.3) is 0 Å². The van der Waals surface area contributed by atoms with E-state index in [0.29, 0.717) is 6.04 Å². The van der Waals surface area contributed by atoms with Gasteiger partial charge in [-0.3, -0.25) is 4.79 Å². The second kappa shape index (κ2) is 7.96. The molecular weight excluding hydrogens is 280 g/mol. The number of para-hydroxylation sites is 1. The van der Waals surface area contributed by atoms with Crippen LogP contribution in [0.4, 0.5) is 5.69 Å². The zero-order valence-corrected chi connectivity index (χ0v) is 13.4. The van der Waals surface area contributed by atoms with Crippen molar-refractivity contribution in [3.8, 4) is 0 Å². The second-order valence-electron chi connectivity index (χ2n) is 5.08. The molecule has 1 aromatic carbocycles. The summed E-state index contributed by atoms with van der Waals surface area (Å²) in [7, 11) is 0. The lowest BCUT2D eigenvalue weighted by Gasteiger charge is -2.18. The van der Waals surface area contributed by atoms with E-state index in [2.05, 4.69) is 41.1 Å². The number of anilines is 1. The lowest BCUT2D eigenvalue weighted by Crippen LogP contribution is -2.21. The second-order valence-corrected chi connectivity index (χ2v) is 6.06. The maximum Gasteiger partial charge on any atom is 0.221 e. The van der Waals surface area contributed by atoms with Gasteiger partial charge < -0.3 is 10.6 Å². The summed E-state index contributed by atoms with van der Waals surface area (Å²) in [4.78, 5) is 12.6. The maximum atomic E-state index is 11.3. The van der Waals surface area contributed by atoms with Crippen LogP contribution in [0.2, 0.25) is 0 Å². The monoisotopic (exact) mass is 302 g/mol. The predicted molar refractivity (Wildman–Crippen MR) is 89.6 cm³/mol. The lowest BCUT2D eigenvalue weighted by molar-refractivity contribution is -0.114. The molecule has 3 nitrogen and oxygen atoms in total. The minimum Gasteiger partial charge on any atom is -0.326 e. The Morgan fingerprint density at radius 3 is 2.71 bits per heavy atom. The number of nitrogens with one attached hydrogen (secondary N) is 2. The number of amides is 1. The molecule has 0 saturated carbocycles. The van der Waals surface area contributed by atoms with Crippen molar-refractivity contribution in [2.24, 2.45) is 0 Å². The molecule has 4 heteroatoms. The van der Waals surface area contributed by atoms with E-state index in [0.717, 1.165) is 30.6 Å². The molecule has 0 radical (unpaired) electrons. The standard InChI is InChI=1S/C17H22N2OS/c1-3-7-16(17-10-6-11-21-17)18-12-14-8-4-5-9-15(14)19-13(2)20/h4-6,8-11,16,18H,3,7,12H2,1-2H3,(H,19,20). The van der Waals surface area contributed by atoms with Crippen molar-refractivity contribution in [3.05, 3.63) is 52.2 Å². The molecular formula is C17H22N2OS. The fourth-order valence-corrected chi connectivity index (χ4v) is 3.18. The van der Waals surface area contributed by atoms with Crippen LogP contribution in [0.15, 0.2) is 41.8 Å². The highest BCUT2D eigenvalue weighted by Gasteiger charge is 2.12. The SMILES string of the molecule is CCCC(NCc1ccccc1NC(C)=O)c1cccs1. The molecule has 0 aliphatic carbocycles. The number of benzene rings is 1. The van der Waals surface area contributed by atoms with Gasteiger partial charge in [0.05, 0.1) is 0 Å². The molecule has 0 saturated heterocycles. The molecule has 1 atom stereocenters. The Hall–Kier alpha value is -1.65. The minimum absolute atomic E-state index is 0.0363. The third-order valence-corrected chi connectivity index (χ3v) is 4.32. The Labute approximate surface area is 130 Å². The van der Waals surface area contributed by atoms with Gasteiger partial charge in [-0.2, -0.15) is 0 Å². The van der Waals surface area contributed by atoms with Crippen LogP contribution in [0.5, 0.6) is 0 Å². The third kappa shape index (κ3) is 4.69. The van der Waals surface area contributed by atoms with Crippen LogP contribution in [0.1, 0.15) is 43.2 Å². The first-order valence-corrected chi connectivity index (χ1v) is 8.21. The van der Waals surface area contributed by atoms with Gasteiger partial charge in [0.2, 0.25) is 5.91 Å². The van der Waals surface area contributed by atoms with E-state index < -0.39 is 0 Å². The van der Waals surface area contributed by atoms with E-state index >= 15 is 0 Å². The van der Waals surface area contributed by atoms with Crippen LogP contribution in [0.3, 0.4) is 0 Å². The number of hydrogen-bond donors (Lipinski definition) is 2. The zero-order valence-electron chi connectivity index (χ0n) is 12.6. The highest BCUT2D eigenvalue weighted by molar-refractivity contribution is 7.10. The molecule has 0 spiro atoms. The number of carbonyl (C=O) groups is 1. The summed E-state index contributed by atoms with van der Waals surface area (Å²) in [6.07, 6.45) is 2.26. The molecule has 0 bridgehead atoms. The van der Waals surface area contributed by atoms with Gasteiger partial charge in [-0.1, -0.05) is 37.6 Å². The van der Waals surface area contributed by atoms with Gasteiger partial charge in [0.1, 0.15) is 0 Å². The number of carbonyl (C=O) groups excluding carboxylic acids is 1. The van der Waals surface area contributed by atoms with Crippen molar-refractivity contribution < 1.29 is 4.79 Å². The first-order chi connectivity index (χ1) is 10.2. The number of thiophene rings is 1. The van der Waals surface area contributed by atoms with Gasteiger partial charge in [-0.05, 0) is 29.5 Å². The van der Waals surface area contributed by atoms with Crippen molar-refractivity contribution in [1.82, 2.24) is 5.32 Å². The summed E-state index contributed by atoms with van der Waals surface area (Å²) >= 11 is 1.79. The summed E-state index contributed by atoms with van der Waals surface area (Å²) < 4.78 is 0. The average Bonchev–Trinajstić information content (AvgIpc) is 2.98. The van der Waals surface area contributed by atoms with Crippen molar-refractivity contribution >= 4 is 22.9 Å². The number of hydrogen-bond acceptors (Lipinski definition) is 3. The van der Waals surface area contributed by atoms with Crippen LogP contribution >= 0.6 is 11.3 Å². The molecule has 2 N–H and O–H groups in total. The topological polar surface area (TPSA) is 41.1 Å². The molecule has 0 aliphatic rings. The Morgan fingerprint density at radius 1 is 1.24 bits per heavy atom. The van der Waals surface area contributed by atoms with Gasteiger partial charge in [0.15, 0.2) is 0 Å². The lowest BCUT2D eigenvalue weighted by atomic mass is 10.1. The molecule has 1 unspecified atom stereocenters. The molecule has 21 heavy (non-hydrogen) atoms. The fraction of sp³-hybridized carbons (Fsp3) is 0.353. The van der Waals surface area contributed by atoms with Gasteiger partial charge in [0, 0.05) is 30.1 Å². The molecule has 1 aromatic heterocycles. The van der Waals surface area contributed by atoms with Crippen LogP contribution in [0, 0.1) is 0 Å². The summed E-state index contributed by atoms with van der Waals surface area (Å²) in [6.45, 7) is 4.49. The van der Waals surface area contributed by atoms with Crippen LogP contribution in [-0.4, -0.2) is 5.91 Å². The van der Waals surface area contributed by atoms with E-state index in [1.165, 1.54) is 11.8 Å². The predicted octanol–water partition coefficient (Wildman–Crippen LogP) is 4.34. The van der Waals surface area contributed by atoms with Crippen molar-refractivity contribution in [2.75, 3.05) is 5.32 Å². The third-order valence-electron chi connectivity index (χ3n) is 3.33. The van der Waals surface area contributed by atoms with E-state index in [-0.39, 0.29) is 5.91 Å². The first kappa shape index (κ1) is 15.7. The first-order valence-electron chi connectivity index (χ1n) is 7.33. The smallest absolute Gasteiger partial charge is 0.221 e. The highest BCUT2D eigenvalue weighted by atomic mass is 32.1. The minimum atomic E-state index is -0.0363. The molecule has 112 valence electrons. The van der Waals surface area contributed by atoms with E-state index in [1.807, 2.05) is 18.2 Å². The Morgan fingerprint density at radius 2 is 2.05 bits per heavy atom. The Balaban J connectivity index is 2.05. The molecule has 1 heterocycles. The number of rotatable bonds is 7. The molecule has 1 amide bonds. The van der Waals surface area contributed by atoms with E-state index in [1.54, 1.807) is 11.3 Å². The quantitative estimate of drug-likeness (QED) is 0.799. The average molecular weight is 302 g/mol. The van der Waals surface area contributed by atoms with Crippen molar-refractivity contribution in [3.63, 3.8) is 0 Å². The maximum absolute atomic E-state index is 11.3. The van der Waals surface area contributed by atoms with Gasteiger partial charge in [-0.25, -0.2) is 0 Å². The molecule has 2 rings (SSSR count). The summed E-state index contributed by atoms with van der Waals surface area (Å²) in [5, 5.41) is 8.62. The Bertz CT molecular complexity index is 566. The zero-order chi connectivity index (χ0) is 15.1. The van der Waals surface area contributed by atoms with Gasteiger partial charge in [-0.15, -0.1) is 11.3 Å². The normalized spacial score (nSPS) is 12.1. The highest BCUT2D eigenvalue weighted by Crippen LogP contribution is 2.24. The Kier molecular flexibility index (Phi) is 5.96. The fourth-order valence-electron chi connectivity index (χ4n) is 2.34. The summed E-state index contributed by atoms with van der Waals surface area (Å²) in [5.74, 6) is -0.0363. The van der Waals surface area contributed by atoms with Crippen LogP contribution < -0.4 is 10.6 Å². The largest absolute Gasteiger partial charge is 0.326 e. The summed E-state index contributed by atoms with van der Waals surface area (Å²) in [6, 6.07) is 12.6. The van der Waals surface area contributed by atoms with Gasteiger partial charge >= 0.3 is 0 Å². The van der Waals surface area contributed by atoms with Crippen LogP contribution in [-0.2, 0) is 11.3 Å². The van der Waals surface area contributed by atoms with Crippen molar-refractivity contribution in [2.45, 2.75) is 39.3 Å². The van der Waals surface area contributed by atoms with Gasteiger partial charge in [0.25, 0.3) is 0 Å². The molecule has 0 fully saturated rings. The summed E-state index contributed by atoms with van der Waals surface area (Å²) in [5.41, 5.74) is 2.00.